The molecule has 66 valence electrons. The second-order valence-electron chi connectivity index (χ2n) is 3.20. The molecule has 1 unspecified atom stereocenters. The summed E-state index contributed by atoms with van der Waals surface area (Å²) in [6.07, 6.45) is 5.26. The van der Waals surface area contributed by atoms with Gasteiger partial charge in [-0.2, -0.15) is 0 Å². The van der Waals surface area contributed by atoms with Crippen LogP contribution in [0.3, 0.4) is 0 Å². The fourth-order valence-corrected chi connectivity index (χ4v) is 1.67. The zero-order chi connectivity index (χ0) is 8.81. The Morgan fingerprint density at radius 1 is 1.08 bits per heavy atom. The van der Waals surface area contributed by atoms with E-state index in [0.717, 1.165) is 0 Å². The minimum absolute atomic E-state index is 1.25. The van der Waals surface area contributed by atoms with Crippen LogP contribution >= 0.6 is 0 Å². The summed E-state index contributed by atoms with van der Waals surface area (Å²) in [4.78, 5) is 0. The van der Waals surface area contributed by atoms with Crippen molar-refractivity contribution in [3.05, 3.63) is 29.8 Å². The molecule has 0 N–H and O–H groups in total. The Morgan fingerprint density at radius 2 is 1.75 bits per heavy atom. The van der Waals surface area contributed by atoms with Crippen molar-refractivity contribution in [2.75, 3.05) is 0 Å². The molecule has 0 aliphatic heterocycles. The van der Waals surface area contributed by atoms with E-state index in [1.807, 2.05) is 0 Å². The van der Waals surface area contributed by atoms with Crippen molar-refractivity contribution in [1.82, 2.24) is 0 Å². The van der Waals surface area contributed by atoms with Crippen LogP contribution in [0.5, 0.6) is 0 Å². The fraction of sp³-hybridized carbons (Fsp3) is 0.455. The van der Waals surface area contributed by atoms with Crippen molar-refractivity contribution in [3.63, 3.8) is 0 Å². The summed E-state index contributed by atoms with van der Waals surface area (Å²) < 4.78 is 1.42. The molecule has 0 radical (unpaired) electrons. The molecule has 1 atom stereocenters. The molecule has 1 aromatic carbocycles. The summed E-state index contributed by atoms with van der Waals surface area (Å²) in [7, 11) is 0. The van der Waals surface area contributed by atoms with Crippen LogP contribution in [-0.2, 0) is 6.42 Å². The third kappa shape index (κ3) is 3.45. The van der Waals surface area contributed by atoms with Gasteiger partial charge in [-0.05, 0) is 0 Å². The predicted octanol–water partition coefficient (Wildman–Crippen LogP) is 1.68. The van der Waals surface area contributed by atoms with Crippen molar-refractivity contribution >= 4 is 21.2 Å². The average Bonchev–Trinajstić information content (AvgIpc) is 2.09. The molecular weight excluding hydrogens is 207 g/mol. The van der Waals surface area contributed by atoms with Gasteiger partial charge < -0.3 is 0 Å². The van der Waals surface area contributed by atoms with Gasteiger partial charge in [0.25, 0.3) is 0 Å². The third-order valence-corrected chi connectivity index (χ3v) is 2.86. The predicted molar refractivity (Wildman–Crippen MR) is 57.8 cm³/mol. The van der Waals surface area contributed by atoms with Crippen molar-refractivity contribution < 1.29 is 0 Å². The molecule has 0 saturated carbocycles. The van der Waals surface area contributed by atoms with Crippen LogP contribution in [0.25, 0.3) is 0 Å². The van der Waals surface area contributed by atoms with Gasteiger partial charge in [-0.15, -0.1) is 0 Å². The summed E-state index contributed by atoms with van der Waals surface area (Å²) >= 11 is 1.70. The van der Waals surface area contributed by atoms with Gasteiger partial charge in [0.2, 0.25) is 0 Å². The number of unbranched alkanes of at least 4 members (excludes halogenated alkanes) is 2. The van der Waals surface area contributed by atoms with Gasteiger partial charge in [-0.3, -0.25) is 0 Å². The molecule has 12 heavy (non-hydrogen) atoms. The first kappa shape index (κ1) is 9.86. The normalized spacial score (nSPS) is 10.2. The maximum absolute atomic E-state index is 2.26. The first-order valence-electron chi connectivity index (χ1n) is 4.67. The molecule has 0 aromatic heterocycles. The molecule has 1 heteroatoms. The van der Waals surface area contributed by atoms with Gasteiger partial charge in [0.1, 0.15) is 0 Å². The molecule has 0 spiro atoms. The Labute approximate surface area is 83.9 Å². The quantitative estimate of drug-likeness (QED) is 0.539. The SMILES string of the molecule is CCCCCc1ccc([AsH2])cc1. The van der Waals surface area contributed by atoms with Gasteiger partial charge >= 0.3 is 83.6 Å². The molecular formula is C11H17As. The number of rotatable bonds is 4. The molecule has 1 rings (SSSR count). The Morgan fingerprint density at radius 3 is 2.33 bits per heavy atom. The summed E-state index contributed by atoms with van der Waals surface area (Å²) in [6, 6.07) is 8.96. The molecule has 0 heterocycles. The van der Waals surface area contributed by atoms with E-state index in [4.69, 9.17) is 0 Å². The van der Waals surface area contributed by atoms with Gasteiger partial charge in [0.15, 0.2) is 0 Å². The third-order valence-electron chi connectivity index (χ3n) is 2.05. The van der Waals surface area contributed by atoms with Gasteiger partial charge in [0, 0.05) is 0 Å². The van der Waals surface area contributed by atoms with Crippen LogP contribution in [0.1, 0.15) is 31.7 Å². The molecule has 0 amide bonds. The van der Waals surface area contributed by atoms with Crippen molar-refractivity contribution in [2.45, 2.75) is 32.6 Å². The summed E-state index contributed by atoms with van der Waals surface area (Å²) in [5.74, 6) is 0. The van der Waals surface area contributed by atoms with E-state index in [2.05, 4.69) is 31.2 Å². The summed E-state index contributed by atoms with van der Waals surface area (Å²) in [5, 5.41) is 0. The first-order valence-corrected chi connectivity index (χ1v) is 5.88. The Kier molecular flexibility index (Phi) is 4.46. The van der Waals surface area contributed by atoms with Gasteiger partial charge in [-0.25, -0.2) is 0 Å². The van der Waals surface area contributed by atoms with E-state index in [-0.39, 0.29) is 0 Å². The van der Waals surface area contributed by atoms with Crippen LogP contribution in [0.2, 0.25) is 0 Å². The van der Waals surface area contributed by atoms with E-state index in [9.17, 15) is 0 Å². The first-order chi connectivity index (χ1) is 5.83. The second-order valence-corrected chi connectivity index (χ2v) is 4.60. The van der Waals surface area contributed by atoms with Crippen LogP contribution < -0.4 is 4.35 Å². The molecule has 0 saturated heterocycles. The molecule has 0 aliphatic rings. The Balaban J connectivity index is 2.37. The number of hydrogen-bond donors (Lipinski definition) is 0. The van der Waals surface area contributed by atoms with Crippen LogP contribution in [0, 0.1) is 0 Å². The van der Waals surface area contributed by atoms with E-state index in [1.165, 1.54) is 35.6 Å². The van der Waals surface area contributed by atoms with Crippen LogP contribution in [-0.4, -0.2) is 16.9 Å². The van der Waals surface area contributed by atoms with Crippen LogP contribution in [0.4, 0.5) is 0 Å². The van der Waals surface area contributed by atoms with Crippen LogP contribution in [0.15, 0.2) is 24.3 Å². The summed E-state index contributed by atoms with van der Waals surface area (Å²) in [6.45, 7) is 2.25. The molecule has 0 aliphatic carbocycles. The van der Waals surface area contributed by atoms with E-state index < -0.39 is 0 Å². The maximum atomic E-state index is 2.26. The monoisotopic (exact) mass is 224 g/mol. The van der Waals surface area contributed by atoms with E-state index >= 15 is 0 Å². The average molecular weight is 224 g/mol. The van der Waals surface area contributed by atoms with Crippen molar-refractivity contribution in [2.24, 2.45) is 0 Å². The van der Waals surface area contributed by atoms with E-state index in [1.54, 1.807) is 16.9 Å². The molecule has 0 fully saturated rings. The Bertz CT molecular complexity index is 213. The fourth-order valence-electron chi connectivity index (χ4n) is 1.26. The van der Waals surface area contributed by atoms with Gasteiger partial charge in [0.05, 0.1) is 0 Å². The van der Waals surface area contributed by atoms with Crippen molar-refractivity contribution in [3.8, 4) is 0 Å². The standard InChI is InChI=1S/C11H17As/c1-2-3-4-5-10-6-8-11(12)9-7-10/h6-9H,2-5,12H2,1H3. The summed E-state index contributed by atoms with van der Waals surface area (Å²) in [5.41, 5.74) is 1.49. The Hall–Kier alpha value is -0.222. The zero-order valence-corrected chi connectivity index (χ0v) is 10.1. The van der Waals surface area contributed by atoms with Crippen molar-refractivity contribution in [1.29, 1.82) is 0 Å². The number of benzene rings is 1. The minimum atomic E-state index is 1.25. The molecule has 1 aromatic rings. The molecule has 0 nitrogen and oxygen atoms in total. The number of hydrogen-bond acceptors (Lipinski definition) is 0. The topological polar surface area (TPSA) is 0 Å². The van der Waals surface area contributed by atoms with Gasteiger partial charge in [-0.1, -0.05) is 0 Å². The number of aryl methyl sites for hydroxylation is 1. The van der Waals surface area contributed by atoms with E-state index in [0.29, 0.717) is 0 Å². The second kappa shape index (κ2) is 5.43. The molecule has 0 bridgehead atoms. The zero-order valence-electron chi connectivity index (χ0n) is 7.72.